The van der Waals surface area contributed by atoms with Crippen molar-refractivity contribution in [1.82, 2.24) is 5.32 Å². The Morgan fingerprint density at radius 1 is 1.54 bits per heavy atom. The number of nitrogens with two attached hydrogens (primary N) is 2. The molecule has 0 aromatic heterocycles. The van der Waals surface area contributed by atoms with Gasteiger partial charge in [0.1, 0.15) is 0 Å². The summed E-state index contributed by atoms with van der Waals surface area (Å²) < 4.78 is 0. The van der Waals surface area contributed by atoms with E-state index in [1.54, 1.807) is 0 Å². The Kier molecular flexibility index (Phi) is 16.8. The first-order valence-corrected chi connectivity index (χ1v) is 3.57. The number of guanidine groups is 2. The van der Waals surface area contributed by atoms with E-state index in [1.165, 1.54) is 0 Å². The molecule has 0 saturated carbocycles. The molecule has 0 saturated heterocycles. The van der Waals surface area contributed by atoms with Gasteiger partial charge in [-0.3, -0.25) is 15.7 Å². The molecule has 0 amide bonds. The Morgan fingerprint density at radius 2 is 2.08 bits per heavy atom. The number of hydrogen-bond donors (Lipinski definition) is 4. The van der Waals surface area contributed by atoms with Gasteiger partial charge in [0, 0.05) is 6.54 Å². The third kappa shape index (κ3) is 14.6. The standard InChI is InChI=1S/C6H15N5.ClH.Mg.2H/c1-2-3-4-10-6(9)11-5(7)8;;;;/h2-4H2,1H3,(H6,7,8,9,10,11);1H;;;/q;;+2;2*-1. The van der Waals surface area contributed by atoms with Crippen molar-refractivity contribution in [1.29, 1.82) is 5.41 Å². The van der Waals surface area contributed by atoms with Crippen LogP contribution in [0.5, 0.6) is 0 Å². The van der Waals surface area contributed by atoms with Gasteiger partial charge >= 0.3 is 23.1 Å². The maximum atomic E-state index is 6.81. The van der Waals surface area contributed by atoms with Crippen LogP contribution in [0.1, 0.15) is 22.6 Å². The summed E-state index contributed by atoms with van der Waals surface area (Å²) in [5, 5.41) is 9.20. The number of rotatable bonds is 3. The fourth-order valence-electron chi connectivity index (χ4n) is 0.535. The van der Waals surface area contributed by atoms with Crippen molar-refractivity contribution in [3.63, 3.8) is 0 Å². The Bertz CT molecular complexity index is 170. The summed E-state index contributed by atoms with van der Waals surface area (Å²) in [6, 6.07) is 0. The second-order valence-corrected chi connectivity index (χ2v) is 2.16. The third-order valence-electron chi connectivity index (χ3n) is 1.06. The zero-order chi connectivity index (χ0) is 8.69. The maximum Gasteiger partial charge on any atom is 2.00 e. The van der Waals surface area contributed by atoms with Crippen LogP contribution < -0.4 is 16.8 Å². The van der Waals surface area contributed by atoms with Gasteiger partial charge in [-0.25, -0.2) is 0 Å². The summed E-state index contributed by atoms with van der Waals surface area (Å²) in [6.45, 7) is 2.76. The number of nitrogens with zero attached hydrogens (tertiary/aromatic N) is 1. The van der Waals surface area contributed by atoms with Gasteiger partial charge < -0.3 is 14.3 Å². The summed E-state index contributed by atoms with van der Waals surface area (Å²) in [6.07, 6.45) is 2.08. The van der Waals surface area contributed by atoms with Gasteiger partial charge in [0.05, 0.1) is 0 Å². The van der Waals surface area contributed by atoms with Gasteiger partial charge in [-0.05, 0) is 6.42 Å². The van der Waals surface area contributed by atoms with Gasteiger partial charge in [0.25, 0.3) is 0 Å². The predicted molar refractivity (Wildman–Crippen MR) is 61.7 cm³/mol. The van der Waals surface area contributed by atoms with Gasteiger partial charge in [-0.15, -0.1) is 12.4 Å². The number of hydrogen-bond acceptors (Lipinski definition) is 2. The molecule has 0 heterocycles. The molecule has 0 fully saturated rings. The van der Waals surface area contributed by atoms with Crippen LogP contribution in [0.3, 0.4) is 0 Å². The van der Waals surface area contributed by atoms with Crippen LogP contribution in [0.4, 0.5) is 0 Å². The second kappa shape index (κ2) is 11.8. The van der Waals surface area contributed by atoms with Crippen LogP contribution in [0.25, 0.3) is 0 Å². The van der Waals surface area contributed by atoms with Gasteiger partial charge in [-0.1, -0.05) is 13.3 Å². The number of unbranched alkanes of at least 4 members (excludes halogenated alkanes) is 1. The monoisotopic (exact) mass is 219 g/mol. The van der Waals surface area contributed by atoms with Crippen LogP contribution >= 0.6 is 12.4 Å². The Morgan fingerprint density at radius 3 is 2.46 bits per heavy atom. The van der Waals surface area contributed by atoms with Crippen molar-refractivity contribution in [2.24, 2.45) is 16.5 Å². The zero-order valence-corrected chi connectivity index (χ0v) is 10.1. The van der Waals surface area contributed by atoms with E-state index >= 15 is 0 Å². The smallest absolute Gasteiger partial charge is 1.00 e. The number of nitrogens with one attached hydrogen (secondary N) is 2. The molecule has 0 aromatic carbocycles. The topological polar surface area (TPSA) is 100 Å². The SMILES string of the molecule is CCCCN=C(N)NC(=N)N.Cl.[H-].[H-].[Mg+2]. The Hall–Kier alpha value is -0.204. The average molecular weight is 220 g/mol. The first-order chi connectivity index (χ1) is 5.16. The van der Waals surface area contributed by atoms with E-state index in [9.17, 15) is 0 Å². The molecule has 0 atom stereocenters. The summed E-state index contributed by atoms with van der Waals surface area (Å²) in [4.78, 5) is 3.92. The van der Waals surface area contributed by atoms with Crippen molar-refractivity contribution in [3.05, 3.63) is 0 Å². The molecule has 0 bridgehead atoms. The molecular weight excluding hydrogens is 202 g/mol. The van der Waals surface area contributed by atoms with Crippen molar-refractivity contribution in [3.8, 4) is 0 Å². The molecule has 0 aliphatic carbocycles. The summed E-state index contributed by atoms with van der Waals surface area (Å²) in [5.74, 6) is 0.0358. The Labute approximate surface area is 104 Å². The van der Waals surface area contributed by atoms with Gasteiger partial charge in [0.15, 0.2) is 11.9 Å². The molecular formula is C6H18ClMgN5. The largest absolute Gasteiger partial charge is 2.00 e. The van der Waals surface area contributed by atoms with Crippen molar-refractivity contribution < 1.29 is 2.85 Å². The minimum atomic E-state index is -0.178. The van der Waals surface area contributed by atoms with E-state index in [2.05, 4.69) is 17.2 Å². The minimum absolute atomic E-state index is 0. The van der Waals surface area contributed by atoms with Crippen molar-refractivity contribution in [2.45, 2.75) is 19.8 Å². The van der Waals surface area contributed by atoms with Crippen LogP contribution in [-0.4, -0.2) is 41.5 Å². The molecule has 13 heavy (non-hydrogen) atoms. The number of halogens is 1. The van der Waals surface area contributed by atoms with Crippen molar-refractivity contribution >= 4 is 47.4 Å². The fraction of sp³-hybridized carbons (Fsp3) is 0.667. The molecule has 0 radical (unpaired) electrons. The molecule has 7 heteroatoms. The first kappa shape index (κ1) is 18.6. The summed E-state index contributed by atoms with van der Waals surface area (Å²) in [7, 11) is 0. The molecule has 0 rings (SSSR count). The second-order valence-electron chi connectivity index (χ2n) is 2.16. The van der Waals surface area contributed by atoms with Crippen LogP contribution in [0.2, 0.25) is 0 Å². The van der Waals surface area contributed by atoms with Crippen molar-refractivity contribution in [2.75, 3.05) is 6.54 Å². The first-order valence-electron chi connectivity index (χ1n) is 3.57. The molecule has 0 aliphatic rings. The molecule has 5 nitrogen and oxygen atoms in total. The summed E-state index contributed by atoms with van der Waals surface area (Å²) in [5.41, 5.74) is 10.3. The maximum absolute atomic E-state index is 6.81. The molecule has 0 aliphatic heterocycles. The third-order valence-corrected chi connectivity index (χ3v) is 1.06. The molecule has 6 N–H and O–H groups in total. The van der Waals surface area contributed by atoms with Crippen LogP contribution in [-0.2, 0) is 0 Å². The average Bonchev–Trinajstić information content (AvgIpc) is 1.86. The Balaban J connectivity index is -0.0000000833. The minimum Gasteiger partial charge on any atom is -1.00 e. The summed E-state index contributed by atoms with van der Waals surface area (Å²) >= 11 is 0. The van der Waals surface area contributed by atoms with E-state index in [0.717, 1.165) is 12.8 Å². The molecule has 0 aromatic rings. The normalized spacial score (nSPS) is 9.46. The van der Waals surface area contributed by atoms with E-state index < -0.39 is 0 Å². The van der Waals surface area contributed by atoms with E-state index in [4.69, 9.17) is 16.9 Å². The van der Waals surface area contributed by atoms with Gasteiger partial charge in [-0.2, -0.15) is 0 Å². The fourth-order valence-corrected chi connectivity index (χ4v) is 0.535. The van der Waals surface area contributed by atoms with E-state index in [-0.39, 0.29) is 50.2 Å². The van der Waals surface area contributed by atoms with E-state index in [1.807, 2.05) is 0 Å². The van der Waals surface area contributed by atoms with Crippen LogP contribution in [0, 0.1) is 5.41 Å². The van der Waals surface area contributed by atoms with E-state index in [0.29, 0.717) is 6.54 Å². The zero-order valence-electron chi connectivity index (χ0n) is 9.84. The predicted octanol–water partition coefficient (Wildman–Crippen LogP) is -0.150. The quantitative estimate of drug-likeness (QED) is 0.230. The number of aliphatic imine (C=N–C) groups is 1. The van der Waals surface area contributed by atoms with Gasteiger partial charge in [0.2, 0.25) is 0 Å². The molecule has 0 spiro atoms. The molecule has 76 valence electrons. The molecule has 0 unspecified atom stereocenters. The van der Waals surface area contributed by atoms with Crippen LogP contribution in [0.15, 0.2) is 4.99 Å².